The van der Waals surface area contributed by atoms with Gasteiger partial charge in [0.05, 0.1) is 74.4 Å². The fraction of sp³-hybridized carbons (Fsp3) is 0.333. The zero-order valence-corrected chi connectivity index (χ0v) is 45.5. The minimum atomic E-state index is -0.705. The second kappa shape index (κ2) is 23.7. The minimum Gasteiger partial charge on any atom is -0.493 e. The maximum Gasteiger partial charge on any atom is 0.336 e. The first-order chi connectivity index (χ1) is 40.2. The molecule has 0 bridgehead atoms. The van der Waals surface area contributed by atoms with E-state index in [-0.39, 0.29) is 62.8 Å². The first-order valence-electron chi connectivity index (χ1n) is 27.3. The molecule has 2 fully saturated rings. The van der Waals surface area contributed by atoms with E-state index in [0.717, 1.165) is 22.5 Å². The summed E-state index contributed by atoms with van der Waals surface area (Å²) in [5.74, 6) is -4.38. The number of methoxy groups -OCH3 is 2. The van der Waals surface area contributed by atoms with Gasteiger partial charge < -0.3 is 55.3 Å². The van der Waals surface area contributed by atoms with Gasteiger partial charge in [-0.15, -0.1) is 5.06 Å². The van der Waals surface area contributed by atoms with E-state index in [0.29, 0.717) is 99.6 Å². The van der Waals surface area contributed by atoms with E-state index in [9.17, 15) is 43.2 Å². The summed E-state index contributed by atoms with van der Waals surface area (Å²) in [4.78, 5) is 130. The summed E-state index contributed by atoms with van der Waals surface area (Å²) in [7, 11) is 2.96. The topological polar surface area (TPSA) is 282 Å². The number of hydrogen-bond acceptors (Lipinski definition) is 16. The van der Waals surface area contributed by atoms with E-state index in [2.05, 4.69) is 26.6 Å². The quantitative estimate of drug-likeness (QED) is 0.0734. The molecule has 8 amide bonds. The maximum absolute atomic E-state index is 14.1. The lowest BCUT2D eigenvalue weighted by Gasteiger charge is -2.27. The van der Waals surface area contributed by atoms with Crippen molar-refractivity contribution in [1.82, 2.24) is 21.0 Å². The van der Waals surface area contributed by atoms with Crippen molar-refractivity contribution < 1.29 is 66.9 Å². The van der Waals surface area contributed by atoms with Gasteiger partial charge in [0.1, 0.15) is 13.2 Å². The van der Waals surface area contributed by atoms with E-state index in [4.69, 9.17) is 28.8 Å². The molecular formula is C60H59N9O14. The largest absolute Gasteiger partial charge is 0.493 e. The molecule has 1 aliphatic carbocycles. The van der Waals surface area contributed by atoms with E-state index < -0.39 is 72.9 Å². The number of benzene rings is 5. The average Bonchev–Trinajstić information content (AvgIpc) is 3.39. The molecule has 5 N–H and O–H groups in total. The lowest BCUT2D eigenvalue weighted by atomic mass is 9.81. The lowest BCUT2D eigenvalue weighted by Crippen LogP contribution is -2.44. The van der Waals surface area contributed by atoms with E-state index in [1.807, 2.05) is 59.5 Å². The number of hydrogen-bond donors (Lipinski definition) is 5. The van der Waals surface area contributed by atoms with Crippen LogP contribution in [0.4, 0.5) is 28.4 Å². The molecule has 83 heavy (non-hydrogen) atoms. The molecule has 0 aromatic heterocycles. The molecule has 0 unspecified atom stereocenters. The number of aliphatic imine (C=N–C) groups is 1. The van der Waals surface area contributed by atoms with Gasteiger partial charge in [-0.2, -0.15) is 0 Å². The van der Waals surface area contributed by atoms with Gasteiger partial charge in [-0.05, 0) is 96.8 Å². The first-order valence-corrected chi connectivity index (χ1v) is 27.3. The number of amides is 8. The molecule has 0 spiro atoms. The van der Waals surface area contributed by atoms with Crippen molar-refractivity contribution >= 4 is 87.9 Å². The van der Waals surface area contributed by atoms with Crippen LogP contribution < -0.4 is 55.3 Å². The molecule has 11 rings (SSSR count). The molecule has 5 aliphatic heterocycles. The van der Waals surface area contributed by atoms with Crippen LogP contribution in [0.1, 0.15) is 81.5 Å². The number of nitrogens with one attached hydrogen (secondary N) is 5. The Bertz CT molecular complexity index is 3510. The monoisotopic (exact) mass is 1130 g/mol. The van der Waals surface area contributed by atoms with Gasteiger partial charge in [-0.3, -0.25) is 48.2 Å². The Morgan fingerprint density at radius 3 is 1.84 bits per heavy atom. The van der Waals surface area contributed by atoms with Crippen LogP contribution in [0.25, 0.3) is 0 Å². The number of hydroxylamine groups is 2. The molecular weight excluding hydrogens is 1070 g/mol. The summed E-state index contributed by atoms with van der Waals surface area (Å²) >= 11 is 0. The summed E-state index contributed by atoms with van der Waals surface area (Å²) in [6, 6.07) is 27.2. The van der Waals surface area contributed by atoms with E-state index in [1.165, 1.54) is 14.2 Å². The Hall–Kier alpha value is -9.80. The number of ether oxygens (including phenoxy) is 4. The zero-order valence-electron chi connectivity index (χ0n) is 45.5. The van der Waals surface area contributed by atoms with Crippen molar-refractivity contribution in [3.05, 3.63) is 124 Å². The van der Waals surface area contributed by atoms with Crippen molar-refractivity contribution in [3.63, 3.8) is 0 Å². The number of carbonyl (C=O) groups excluding carboxylic acids is 9. The van der Waals surface area contributed by atoms with Gasteiger partial charge in [0.2, 0.25) is 23.6 Å². The third-order valence-electron chi connectivity index (χ3n) is 15.5. The highest BCUT2D eigenvalue weighted by atomic mass is 16.7. The van der Waals surface area contributed by atoms with Crippen LogP contribution in [0.15, 0.2) is 96.0 Å². The predicted octanol–water partition coefficient (Wildman–Crippen LogP) is 4.85. The normalized spacial score (nSPS) is 19.1. The Morgan fingerprint density at radius 1 is 0.614 bits per heavy atom. The Labute approximate surface area is 475 Å². The second-order valence-electron chi connectivity index (χ2n) is 20.9. The smallest absolute Gasteiger partial charge is 0.336 e. The number of fused-ring (bicyclic) bond motifs is 8. The molecule has 2 atom stereocenters. The summed E-state index contributed by atoms with van der Waals surface area (Å²) in [6.45, 7) is -0.977. The number of rotatable bonds is 18. The van der Waals surface area contributed by atoms with Crippen molar-refractivity contribution in [2.45, 2.75) is 76.7 Å². The van der Waals surface area contributed by atoms with Crippen LogP contribution in [-0.2, 0) is 64.5 Å². The Kier molecular flexibility index (Phi) is 15.8. The standard InChI is InChI=1S/C60H59N9O14/c1-79-48-22-42-44(61-26-40-20-37-7-3-5-9-46(37)67(40)58(42)76)24-50(48)81-31-33-17-34(32-82-51-25-45-43(23-49(51)80-2)59(77)68-41(27-62-45)21-38-8-4-6-10-47(38)68)19-39(18-33)66-54(72)30-64-52(70)28-63-53(71)29-65-57(75)35-11-13-36(14-12-35)60(78)83-69-55(73)15-16-56(69)74/h3-10,17-19,22-26,35-36,40-41,62H,11-16,20-21,27-32H2,1-2H3,(H,63,71)(H,64,70)(H,65,75)(H,66,72)/t35-,36-,40-,41-/m0/s1. The average molecular weight is 1130 g/mol. The third kappa shape index (κ3) is 11.7. The molecule has 5 heterocycles. The third-order valence-corrected chi connectivity index (χ3v) is 15.5. The van der Waals surface area contributed by atoms with Gasteiger partial charge >= 0.3 is 5.97 Å². The maximum atomic E-state index is 14.1. The first kappa shape index (κ1) is 55.1. The molecule has 23 heteroatoms. The van der Waals surface area contributed by atoms with Gasteiger partial charge in [0.25, 0.3) is 23.6 Å². The van der Waals surface area contributed by atoms with E-state index in [1.54, 1.807) is 47.5 Å². The molecule has 6 aliphatic rings. The van der Waals surface area contributed by atoms with Crippen molar-refractivity contribution in [3.8, 4) is 23.0 Å². The SMILES string of the molecule is COc1cc2c(cc1OCc1cc(COc3cc4c(cc3OC)C(=O)N3c5ccccc5C[C@H]3CN4)cc(NC(=O)CNC(=O)CNC(=O)CNC(=O)[C@H]3CC[C@H](C(=O)ON4C(=O)CCC4=O)CC3)c1)N=C[C@@H]1Cc3ccccc3N1C2=O. The van der Waals surface area contributed by atoms with Gasteiger partial charge in [0.15, 0.2) is 23.0 Å². The summed E-state index contributed by atoms with van der Waals surface area (Å²) in [6.07, 6.45) is 4.27. The summed E-state index contributed by atoms with van der Waals surface area (Å²) in [5, 5.41) is 14.2. The van der Waals surface area contributed by atoms with E-state index >= 15 is 0 Å². The molecule has 1 saturated carbocycles. The van der Waals surface area contributed by atoms with Crippen LogP contribution in [0.5, 0.6) is 23.0 Å². The molecule has 1 saturated heterocycles. The van der Waals surface area contributed by atoms with Gasteiger partial charge in [-0.1, -0.05) is 36.4 Å². The minimum absolute atomic E-state index is 0.0189. The van der Waals surface area contributed by atoms with Crippen LogP contribution in [0.3, 0.4) is 0 Å². The van der Waals surface area contributed by atoms with Crippen LogP contribution in [0.2, 0.25) is 0 Å². The van der Waals surface area contributed by atoms with Gasteiger partial charge in [0, 0.05) is 67.1 Å². The summed E-state index contributed by atoms with van der Waals surface area (Å²) in [5.41, 5.74) is 7.13. The van der Waals surface area contributed by atoms with Crippen LogP contribution in [-0.4, -0.2) is 117 Å². The molecule has 0 radical (unpaired) electrons. The molecule has 5 aromatic carbocycles. The highest BCUT2D eigenvalue weighted by molar-refractivity contribution is 6.15. The van der Waals surface area contributed by atoms with Crippen LogP contribution in [0, 0.1) is 11.8 Å². The molecule has 428 valence electrons. The fourth-order valence-corrected chi connectivity index (χ4v) is 11.3. The Morgan fingerprint density at radius 2 is 1.18 bits per heavy atom. The highest BCUT2D eigenvalue weighted by Crippen LogP contribution is 2.43. The van der Waals surface area contributed by atoms with Gasteiger partial charge in [-0.25, -0.2) is 4.79 Å². The zero-order chi connectivity index (χ0) is 57.9. The highest BCUT2D eigenvalue weighted by Gasteiger charge is 2.40. The molecule has 23 nitrogen and oxygen atoms in total. The number of nitrogens with zero attached hydrogens (tertiary/aromatic N) is 4. The van der Waals surface area contributed by atoms with Crippen LogP contribution >= 0.6 is 0 Å². The predicted molar refractivity (Wildman–Crippen MR) is 300 cm³/mol. The number of para-hydroxylation sites is 2. The number of anilines is 4. The fourth-order valence-electron chi connectivity index (χ4n) is 11.3. The molecule has 5 aromatic rings. The number of carbonyl (C=O) groups is 9. The number of imide groups is 1. The second-order valence-corrected chi connectivity index (χ2v) is 20.9. The van der Waals surface area contributed by atoms with Crippen molar-refractivity contribution in [2.75, 3.05) is 60.8 Å². The van der Waals surface area contributed by atoms with Crippen molar-refractivity contribution in [1.29, 1.82) is 0 Å². The lowest BCUT2D eigenvalue weighted by molar-refractivity contribution is -0.201. The Balaban J connectivity index is 0.728. The van der Waals surface area contributed by atoms with Crippen molar-refractivity contribution in [2.24, 2.45) is 16.8 Å². The summed E-state index contributed by atoms with van der Waals surface area (Å²) < 4.78 is 24.3.